The molecule has 1 fully saturated rings. The van der Waals surface area contributed by atoms with Gasteiger partial charge in [-0.2, -0.15) is 0 Å². The summed E-state index contributed by atoms with van der Waals surface area (Å²) in [6.45, 7) is 2.27. The predicted molar refractivity (Wildman–Crippen MR) is 212 cm³/mol. The number of imide groups is 2. The van der Waals surface area contributed by atoms with E-state index >= 15 is 4.39 Å². The van der Waals surface area contributed by atoms with Crippen LogP contribution < -0.4 is 20.7 Å². The number of nitrogens with one attached hydrogen (secondary N) is 5. The van der Waals surface area contributed by atoms with E-state index in [2.05, 4.69) is 30.6 Å². The van der Waals surface area contributed by atoms with Crippen molar-refractivity contribution in [2.45, 2.75) is 51.6 Å². The fraction of sp³-hybridized carbons (Fsp3) is 0.244. The summed E-state index contributed by atoms with van der Waals surface area (Å²) >= 11 is 0. The maximum absolute atomic E-state index is 15.4. The summed E-state index contributed by atoms with van der Waals surface area (Å²) in [7, 11) is -3.91. The average molecular weight is 826 g/mol. The summed E-state index contributed by atoms with van der Waals surface area (Å²) in [5.41, 5.74) is 1.79. The van der Waals surface area contributed by atoms with Gasteiger partial charge in [0, 0.05) is 60.5 Å². The minimum absolute atomic E-state index is 0.0279. The monoisotopic (exact) mass is 825 g/mol. The second-order valence-electron chi connectivity index (χ2n) is 14.1. The number of halogens is 2. The van der Waals surface area contributed by atoms with Crippen LogP contribution in [0, 0.1) is 11.6 Å². The number of sulfonamides is 1. The predicted octanol–water partition coefficient (Wildman–Crippen LogP) is 4.80. The number of H-pyrrole nitrogens is 1. The maximum Gasteiger partial charge on any atom is 0.262 e. The van der Waals surface area contributed by atoms with Crippen LogP contribution >= 0.6 is 0 Å². The maximum atomic E-state index is 15.4. The van der Waals surface area contributed by atoms with Crippen molar-refractivity contribution < 1.29 is 46.0 Å². The van der Waals surface area contributed by atoms with Gasteiger partial charge in [-0.05, 0) is 66.8 Å². The van der Waals surface area contributed by atoms with E-state index in [9.17, 15) is 41.6 Å². The molecule has 2 aliphatic rings. The first-order valence-electron chi connectivity index (χ1n) is 18.7. The normalized spacial score (nSPS) is 15.3. The van der Waals surface area contributed by atoms with Crippen molar-refractivity contribution in [3.8, 4) is 11.1 Å². The molecule has 3 aromatic carbocycles. The molecule has 0 saturated carbocycles. The lowest BCUT2D eigenvalue weighted by Gasteiger charge is -2.27. The first-order chi connectivity index (χ1) is 28.2. The van der Waals surface area contributed by atoms with E-state index in [1.165, 1.54) is 18.3 Å². The molecule has 0 bridgehead atoms. The molecule has 5 amide bonds. The van der Waals surface area contributed by atoms with E-state index in [1.807, 2.05) is 12.1 Å². The van der Waals surface area contributed by atoms with E-state index in [-0.39, 0.29) is 60.6 Å². The first kappa shape index (κ1) is 40.4. The van der Waals surface area contributed by atoms with E-state index in [4.69, 9.17) is 0 Å². The minimum Gasteiger partial charge on any atom is -0.385 e. The molecule has 1 unspecified atom stereocenters. The molecule has 18 heteroatoms. The van der Waals surface area contributed by atoms with Crippen LogP contribution in [0.5, 0.6) is 0 Å². The van der Waals surface area contributed by atoms with Crippen LogP contribution in [0.1, 0.15) is 81.2 Å². The van der Waals surface area contributed by atoms with Gasteiger partial charge in [-0.3, -0.25) is 43.7 Å². The van der Waals surface area contributed by atoms with Gasteiger partial charge < -0.3 is 15.6 Å². The van der Waals surface area contributed by atoms with Crippen LogP contribution in [0.15, 0.2) is 73.1 Å². The van der Waals surface area contributed by atoms with Gasteiger partial charge in [0.15, 0.2) is 5.82 Å². The van der Waals surface area contributed by atoms with Crippen molar-refractivity contribution in [1.29, 1.82) is 0 Å². The molecule has 15 nitrogen and oxygen atoms in total. The number of nitrogens with zero attached hydrogens (tertiary/aromatic N) is 2. The molecule has 1 saturated heterocycles. The summed E-state index contributed by atoms with van der Waals surface area (Å²) < 4.78 is 56.9. The number of carbonyl (C=O) groups is 6. The van der Waals surface area contributed by atoms with Crippen molar-refractivity contribution in [2.75, 3.05) is 22.3 Å². The quantitative estimate of drug-likeness (QED) is 0.0552. The highest BCUT2D eigenvalue weighted by Gasteiger charge is 2.44. The number of benzene rings is 3. The SMILES string of the molecule is CCCS(=O)(=O)Nc1ccc(F)c(C(=O)c2c[nH]c3ncc(-c4ccc(CNC(=O)CCCNc5ccc6c(c5)C(=O)N(C5CCC(=O)NC5=O)C6=O)cc4)cc23)c1F. The van der Waals surface area contributed by atoms with Gasteiger partial charge >= 0.3 is 0 Å². The zero-order valence-corrected chi connectivity index (χ0v) is 32.3. The number of carbonyl (C=O) groups excluding carboxylic acids is 6. The number of aromatic amines is 1. The summed E-state index contributed by atoms with van der Waals surface area (Å²) in [6.07, 6.45) is 3.87. The zero-order valence-electron chi connectivity index (χ0n) is 31.5. The fourth-order valence-electron chi connectivity index (χ4n) is 6.98. The smallest absolute Gasteiger partial charge is 0.262 e. The van der Waals surface area contributed by atoms with Crippen molar-refractivity contribution >= 4 is 67.8 Å². The number of pyridine rings is 1. The molecule has 1 atom stereocenters. The molecule has 5 N–H and O–H groups in total. The lowest BCUT2D eigenvalue weighted by molar-refractivity contribution is -0.136. The number of ketones is 1. The Bertz CT molecular complexity index is 2670. The molecule has 0 aliphatic carbocycles. The first-order valence-corrected chi connectivity index (χ1v) is 20.4. The highest BCUT2D eigenvalue weighted by molar-refractivity contribution is 7.92. The largest absolute Gasteiger partial charge is 0.385 e. The highest BCUT2D eigenvalue weighted by atomic mass is 32.2. The Morgan fingerprint density at radius 3 is 2.46 bits per heavy atom. The van der Waals surface area contributed by atoms with Gasteiger partial charge in [0.05, 0.1) is 28.1 Å². The molecule has 4 heterocycles. The van der Waals surface area contributed by atoms with Crippen LogP contribution in [0.2, 0.25) is 0 Å². The Balaban J connectivity index is 0.922. The lowest BCUT2D eigenvalue weighted by Crippen LogP contribution is -2.54. The summed E-state index contributed by atoms with van der Waals surface area (Å²) in [5, 5.41) is 8.48. The Labute approximate surface area is 336 Å². The van der Waals surface area contributed by atoms with Gasteiger partial charge in [-0.1, -0.05) is 31.2 Å². The average Bonchev–Trinajstić information content (AvgIpc) is 3.74. The van der Waals surface area contributed by atoms with Crippen LogP contribution in [0.25, 0.3) is 22.2 Å². The number of fused-ring (bicyclic) bond motifs is 2. The van der Waals surface area contributed by atoms with E-state index in [1.54, 1.807) is 37.4 Å². The van der Waals surface area contributed by atoms with Crippen LogP contribution in [0.3, 0.4) is 0 Å². The third-order valence-corrected chi connectivity index (χ3v) is 11.4. The van der Waals surface area contributed by atoms with Crippen molar-refractivity contribution in [3.05, 3.63) is 113 Å². The third kappa shape index (κ3) is 8.43. The summed E-state index contributed by atoms with van der Waals surface area (Å²) in [4.78, 5) is 84.1. The number of amides is 5. The molecule has 2 aromatic heterocycles. The van der Waals surface area contributed by atoms with Crippen molar-refractivity contribution in [3.63, 3.8) is 0 Å². The Kier molecular flexibility index (Phi) is 11.3. The molecule has 0 spiro atoms. The van der Waals surface area contributed by atoms with Crippen molar-refractivity contribution in [1.82, 2.24) is 25.5 Å². The summed E-state index contributed by atoms with van der Waals surface area (Å²) in [6, 6.07) is 14.2. The minimum atomic E-state index is -3.91. The van der Waals surface area contributed by atoms with Gasteiger partial charge in [0.1, 0.15) is 17.5 Å². The van der Waals surface area contributed by atoms with Gasteiger partial charge in [0.2, 0.25) is 33.5 Å². The van der Waals surface area contributed by atoms with Crippen LogP contribution in [-0.2, 0) is 31.0 Å². The summed E-state index contributed by atoms with van der Waals surface area (Å²) in [5.74, 6) is -6.29. The molecule has 2 aliphatic heterocycles. The topological polar surface area (TPSA) is 217 Å². The third-order valence-electron chi connectivity index (χ3n) is 9.96. The molecule has 5 aromatic rings. The molecule has 304 valence electrons. The fourth-order valence-corrected chi connectivity index (χ4v) is 8.11. The zero-order chi connectivity index (χ0) is 42.0. The molecular formula is C41H37F2N7O8S. The molecule has 0 radical (unpaired) electrons. The number of hydrogen-bond donors (Lipinski definition) is 5. The standard InChI is InChI=1S/C41H37F2N7O8S/c1-2-16-59(57,58)49-31-12-11-30(42)35(36(31)43)37(53)29-21-47-38-27(29)17-24(20-46-38)23-7-5-22(6-8-23)19-45-33(51)4-3-15-44-25-9-10-26-28(18-25)41(56)50(40(26)55)32-13-14-34(52)48-39(32)54/h5-12,17-18,20-21,32,44,49H,2-4,13-16,19H2,1H3,(H,45,51)(H,46,47)(H,48,52,54). The van der Waals surface area contributed by atoms with Gasteiger partial charge in [-0.15, -0.1) is 0 Å². The van der Waals surface area contributed by atoms with Crippen LogP contribution in [0.4, 0.5) is 20.2 Å². The van der Waals surface area contributed by atoms with E-state index in [0.29, 0.717) is 40.8 Å². The Morgan fingerprint density at radius 2 is 1.71 bits per heavy atom. The molecule has 59 heavy (non-hydrogen) atoms. The van der Waals surface area contributed by atoms with E-state index < -0.39 is 68.4 Å². The number of aromatic nitrogens is 2. The number of rotatable bonds is 15. The Hall–Kier alpha value is -6.82. The van der Waals surface area contributed by atoms with Crippen molar-refractivity contribution in [2.24, 2.45) is 0 Å². The Morgan fingerprint density at radius 1 is 0.949 bits per heavy atom. The number of anilines is 2. The van der Waals surface area contributed by atoms with Gasteiger partial charge in [0.25, 0.3) is 11.8 Å². The molecular weight excluding hydrogens is 789 g/mol. The number of hydrogen-bond acceptors (Lipinski definition) is 10. The highest BCUT2D eigenvalue weighted by Crippen LogP contribution is 2.31. The van der Waals surface area contributed by atoms with Crippen LogP contribution in [-0.4, -0.2) is 76.9 Å². The van der Waals surface area contributed by atoms with E-state index in [0.717, 1.165) is 22.6 Å². The van der Waals surface area contributed by atoms with Gasteiger partial charge in [-0.25, -0.2) is 22.2 Å². The second-order valence-corrected chi connectivity index (χ2v) is 15.9. The number of piperidine rings is 1. The molecule has 7 rings (SSSR count). The lowest BCUT2D eigenvalue weighted by atomic mass is 9.99. The second kappa shape index (κ2) is 16.6.